The van der Waals surface area contributed by atoms with Crippen LogP contribution in [0.2, 0.25) is 0 Å². The van der Waals surface area contributed by atoms with Gasteiger partial charge in [-0.15, -0.1) is 0 Å². The number of carbonyl (C=O) groups is 1. The van der Waals surface area contributed by atoms with Gasteiger partial charge in [-0.25, -0.2) is 4.79 Å². The number of ether oxygens (including phenoxy) is 5. The Hall–Kier alpha value is -1.23. The van der Waals surface area contributed by atoms with Gasteiger partial charge in [0.15, 0.2) is 12.6 Å². The minimum atomic E-state index is -1.65. The summed E-state index contributed by atoms with van der Waals surface area (Å²) in [5, 5.41) is 74.7. The van der Waals surface area contributed by atoms with Crippen LogP contribution in [0.1, 0.15) is 78.6 Å². The lowest BCUT2D eigenvalue weighted by Gasteiger charge is -2.64. The maximum absolute atomic E-state index is 12.5. The van der Waals surface area contributed by atoms with E-state index in [9.17, 15) is 40.5 Å². The molecule has 7 rings (SSSR count). The van der Waals surface area contributed by atoms with Crippen LogP contribution in [0.5, 0.6) is 0 Å². The Kier molecular flexibility index (Phi) is 9.36. The van der Waals surface area contributed by atoms with E-state index in [-0.39, 0.29) is 34.7 Å². The third-order valence-corrected chi connectivity index (χ3v) is 14.2. The molecule has 48 heavy (non-hydrogen) atoms. The molecule has 0 aromatic heterocycles. The Morgan fingerprint density at radius 3 is 2.27 bits per heavy atom. The molecular formula is C35H54O13. The van der Waals surface area contributed by atoms with E-state index in [1.807, 2.05) is 0 Å². The van der Waals surface area contributed by atoms with Crippen molar-refractivity contribution in [3.8, 4) is 0 Å². The molecule has 3 heterocycles. The quantitative estimate of drug-likeness (QED) is 0.149. The van der Waals surface area contributed by atoms with Crippen molar-refractivity contribution >= 4 is 5.97 Å². The van der Waals surface area contributed by atoms with E-state index in [0.29, 0.717) is 18.4 Å². The molecule has 0 unspecified atom stereocenters. The highest BCUT2D eigenvalue weighted by molar-refractivity contribution is 5.85. The fourth-order valence-corrected chi connectivity index (χ4v) is 11.3. The van der Waals surface area contributed by atoms with Gasteiger partial charge in [-0.3, -0.25) is 0 Å². The lowest BCUT2D eigenvalue weighted by molar-refractivity contribution is -0.360. The van der Waals surface area contributed by atoms with Gasteiger partial charge < -0.3 is 59.4 Å². The molecule has 3 aliphatic heterocycles. The van der Waals surface area contributed by atoms with E-state index in [1.165, 1.54) is 0 Å². The zero-order valence-corrected chi connectivity index (χ0v) is 28.1. The standard InChI is InChI=1S/C35H54O13/c1-16-30(48-32-28(41)26(39)25(38)23(14-36)47-32)27(40)29(42)31(45-16)46-19-6-9-33(2)18(13-19)4-5-22-21(33)7-10-34(3)20(8-11-35(22,34)43)17-12-24(37)44-15-17/h12,16,18-23,25-32,36,38-43H,4-11,13-15H2,1-3H3/t16-,18+,19+,20-,21+,22-,23-,25-,26+,27+,28-,29-,30-,31+,32+,33+,34-,35+/m1/s1. The van der Waals surface area contributed by atoms with E-state index in [4.69, 9.17) is 23.7 Å². The van der Waals surface area contributed by atoms with Gasteiger partial charge in [-0.1, -0.05) is 13.8 Å². The zero-order chi connectivity index (χ0) is 34.3. The number of carbonyl (C=O) groups excluding carboxylic acids is 1. The van der Waals surface area contributed by atoms with Crippen molar-refractivity contribution in [1.82, 2.24) is 0 Å². The molecule has 13 nitrogen and oxygen atoms in total. The van der Waals surface area contributed by atoms with Crippen molar-refractivity contribution in [3.63, 3.8) is 0 Å². The molecule has 2 saturated heterocycles. The molecule has 0 amide bonds. The molecule has 7 aliphatic rings. The summed E-state index contributed by atoms with van der Waals surface area (Å²) >= 11 is 0. The first-order valence-corrected chi connectivity index (χ1v) is 17.9. The van der Waals surface area contributed by atoms with Gasteiger partial charge >= 0.3 is 5.97 Å². The Morgan fingerprint density at radius 1 is 0.833 bits per heavy atom. The van der Waals surface area contributed by atoms with Crippen molar-refractivity contribution in [2.75, 3.05) is 13.2 Å². The molecule has 6 fully saturated rings. The summed E-state index contributed by atoms with van der Waals surface area (Å²) in [5.41, 5.74) is 0.00280. The number of hydrogen-bond acceptors (Lipinski definition) is 13. The van der Waals surface area contributed by atoms with E-state index in [0.717, 1.165) is 63.4 Å². The minimum absolute atomic E-state index is 0.0345. The van der Waals surface area contributed by atoms with Gasteiger partial charge in [0.25, 0.3) is 0 Å². The molecule has 0 radical (unpaired) electrons. The van der Waals surface area contributed by atoms with Crippen LogP contribution in [-0.2, 0) is 28.5 Å². The molecule has 7 N–H and O–H groups in total. The fourth-order valence-electron chi connectivity index (χ4n) is 11.3. The van der Waals surface area contributed by atoms with Gasteiger partial charge in [0, 0.05) is 11.5 Å². The number of aliphatic hydroxyl groups excluding tert-OH is 6. The van der Waals surface area contributed by atoms with Crippen molar-refractivity contribution in [3.05, 3.63) is 11.6 Å². The van der Waals surface area contributed by atoms with Crippen LogP contribution in [-0.4, -0.2) is 128 Å². The predicted molar refractivity (Wildman–Crippen MR) is 166 cm³/mol. The van der Waals surface area contributed by atoms with Gasteiger partial charge in [0.2, 0.25) is 0 Å². The molecule has 0 aromatic rings. The Labute approximate surface area is 281 Å². The number of rotatable bonds is 6. The van der Waals surface area contributed by atoms with Crippen LogP contribution in [0.25, 0.3) is 0 Å². The Balaban J connectivity index is 0.977. The highest BCUT2D eigenvalue weighted by atomic mass is 16.7. The molecule has 4 aliphatic carbocycles. The zero-order valence-electron chi connectivity index (χ0n) is 28.1. The second kappa shape index (κ2) is 12.8. The molecule has 13 heteroatoms. The second-order valence-electron chi connectivity index (χ2n) is 16.3. The van der Waals surface area contributed by atoms with Crippen molar-refractivity contribution in [2.24, 2.45) is 34.5 Å². The fraction of sp³-hybridized carbons (Fsp3) is 0.914. The molecule has 0 aromatic carbocycles. The van der Waals surface area contributed by atoms with E-state index in [1.54, 1.807) is 13.0 Å². The molecule has 4 saturated carbocycles. The number of esters is 1. The number of aliphatic hydroxyl groups is 7. The summed E-state index contributed by atoms with van der Waals surface area (Å²) in [6, 6.07) is 0. The second-order valence-corrected chi connectivity index (χ2v) is 16.3. The molecule has 272 valence electrons. The van der Waals surface area contributed by atoms with Gasteiger partial charge in [-0.2, -0.15) is 0 Å². The van der Waals surface area contributed by atoms with Crippen LogP contribution in [0.4, 0.5) is 0 Å². The number of fused-ring (bicyclic) bond motifs is 5. The predicted octanol–water partition coefficient (Wildman–Crippen LogP) is 0.280. The average molecular weight is 683 g/mol. The maximum atomic E-state index is 12.5. The Bertz CT molecular complexity index is 1240. The summed E-state index contributed by atoms with van der Waals surface area (Å²) in [5.74, 6) is 0.825. The molecule has 0 spiro atoms. The monoisotopic (exact) mass is 682 g/mol. The SMILES string of the molecule is C[C@H]1O[C@@H](O[C@H]2CC[C@@]3(C)[C@@H](CC[C@@H]4[C@@H]3CC[C@]3(C)[C@@H](C5=CC(=O)OC5)CC[C@]43O)C2)[C@H](O)[C@H](O)[C@@H]1O[C@@H]1O[C@H](CO)[C@@H](O)[C@H](O)[C@H]1O. The first-order valence-electron chi connectivity index (χ1n) is 17.9. The van der Waals surface area contributed by atoms with Crippen molar-refractivity contribution < 1.29 is 64.2 Å². The summed E-state index contributed by atoms with van der Waals surface area (Å²) in [6.07, 6.45) is -4.12. The summed E-state index contributed by atoms with van der Waals surface area (Å²) < 4.78 is 28.8. The first kappa shape index (κ1) is 35.2. The number of hydrogen-bond donors (Lipinski definition) is 7. The highest BCUT2D eigenvalue weighted by Gasteiger charge is 2.68. The summed E-state index contributed by atoms with van der Waals surface area (Å²) in [7, 11) is 0. The van der Waals surface area contributed by atoms with Crippen LogP contribution < -0.4 is 0 Å². The summed E-state index contributed by atoms with van der Waals surface area (Å²) in [6.45, 7) is 5.97. The van der Waals surface area contributed by atoms with E-state index < -0.39 is 73.6 Å². The van der Waals surface area contributed by atoms with Crippen molar-refractivity contribution in [2.45, 2.75) is 152 Å². The minimum Gasteiger partial charge on any atom is -0.458 e. The van der Waals surface area contributed by atoms with E-state index >= 15 is 0 Å². The van der Waals surface area contributed by atoms with Crippen molar-refractivity contribution in [1.29, 1.82) is 0 Å². The van der Waals surface area contributed by atoms with Gasteiger partial charge in [-0.05, 0) is 99.4 Å². The Morgan fingerprint density at radius 2 is 1.56 bits per heavy atom. The largest absolute Gasteiger partial charge is 0.458 e. The number of cyclic esters (lactones) is 1. The third-order valence-electron chi connectivity index (χ3n) is 14.2. The van der Waals surface area contributed by atoms with Crippen LogP contribution in [0, 0.1) is 34.5 Å². The van der Waals surface area contributed by atoms with Crippen LogP contribution in [0.3, 0.4) is 0 Å². The average Bonchev–Trinajstić information content (AvgIpc) is 3.61. The highest BCUT2D eigenvalue weighted by Crippen LogP contribution is 2.70. The van der Waals surface area contributed by atoms with E-state index in [2.05, 4.69) is 13.8 Å². The molecular weight excluding hydrogens is 628 g/mol. The third kappa shape index (κ3) is 5.42. The topological polar surface area (TPSA) is 205 Å². The molecule has 0 bridgehead atoms. The first-order chi connectivity index (χ1) is 22.7. The van der Waals surface area contributed by atoms with Gasteiger partial charge in [0.05, 0.1) is 24.4 Å². The normalized spacial score (nSPS) is 55.3. The lowest BCUT2D eigenvalue weighted by Crippen LogP contribution is -2.64. The van der Waals surface area contributed by atoms with Crippen LogP contribution >= 0.6 is 0 Å². The molecule has 18 atom stereocenters. The summed E-state index contributed by atoms with van der Waals surface area (Å²) in [4.78, 5) is 11.9. The maximum Gasteiger partial charge on any atom is 0.331 e. The lowest BCUT2D eigenvalue weighted by atomic mass is 9.43. The van der Waals surface area contributed by atoms with Crippen LogP contribution in [0.15, 0.2) is 11.6 Å². The smallest absolute Gasteiger partial charge is 0.331 e. The van der Waals surface area contributed by atoms with Gasteiger partial charge in [0.1, 0.15) is 49.3 Å².